The fraction of sp³-hybridized carbons (Fsp3) is 0.0690. The zero-order valence-corrected chi connectivity index (χ0v) is 22.6. The van der Waals surface area contributed by atoms with Crippen molar-refractivity contribution in [3.63, 3.8) is 0 Å². The molecule has 0 radical (unpaired) electrons. The van der Waals surface area contributed by atoms with Crippen LogP contribution in [0.3, 0.4) is 0 Å². The molecule has 1 N–H and O–H groups in total. The van der Waals surface area contributed by atoms with Gasteiger partial charge in [-0.1, -0.05) is 30.3 Å². The van der Waals surface area contributed by atoms with Gasteiger partial charge >= 0.3 is 12.1 Å². The first-order valence-electron chi connectivity index (χ1n) is 11.8. The molecule has 5 aromatic rings. The van der Waals surface area contributed by atoms with Crippen molar-refractivity contribution in [3.8, 4) is 34.3 Å². The third-order valence-electron chi connectivity index (χ3n) is 5.75. The van der Waals surface area contributed by atoms with Crippen LogP contribution in [0, 0.1) is 3.57 Å². The highest BCUT2D eigenvalue weighted by Gasteiger charge is 2.41. The first-order chi connectivity index (χ1) is 19.2. The number of halogens is 4. The number of hydrogen-bond acceptors (Lipinski definition) is 5. The average Bonchev–Trinajstić information content (AvgIpc) is 3.41. The summed E-state index contributed by atoms with van der Waals surface area (Å²) in [5, 5.41) is 12.9. The molecule has 0 bridgehead atoms. The minimum absolute atomic E-state index is 0.184. The van der Waals surface area contributed by atoms with E-state index in [2.05, 4.69) is 32.7 Å². The lowest BCUT2D eigenvalue weighted by molar-refractivity contribution is -0.143. The number of carboxylic acids is 1. The SMILES string of the molecule is O=C(O)c1cnn(-c2cccc(-c3ccccc3OCc3ccc(Oc4ccc(I)cc4)cc3)n2)c1C(F)(F)F. The molecule has 2 heterocycles. The second-order valence-electron chi connectivity index (χ2n) is 8.49. The number of carbonyl (C=O) groups is 1. The highest BCUT2D eigenvalue weighted by atomic mass is 127. The van der Waals surface area contributed by atoms with E-state index in [1.165, 1.54) is 12.1 Å². The van der Waals surface area contributed by atoms with E-state index in [4.69, 9.17) is 9.47 Å². The molecule has 0 fully saturated rings. The number of hydrogen-bond donors (Lipinski definition) is 1. The molecule has 0 aliphatic carbocycles. The molecular weight excluding hydrogens is 638 g/mol. The monoisotopic (exact) mass is 657 g/mol. The Morgan fingerprint density at radius 3 is 2.25 bits per heavy atom. The molecule has 0 saturated carbocycles. The summed E-state index contributed by atoms with van der Waals surface area (Å²) in [7, 11) is 0. The lowest BCUT2D eigenvalue weighted by atomic mass is 10.1. The van der Waals surface area contributed by atoms with Crippen molar-refractivity contribution in [3.05, 3.63) is 118 Å². The van der Waals surface area contributed by atoms with Crippen LogP contribution in [0.4, 0.5) is 13.2 Å². The fourth-order valence-corrected chi connectivity index (χ4v) is 4.26. The van der Waals surface area contributed by atoms with Crippen molar-refractivity contribution in [1.82, 2.24) is 14.8 Å². The first-order valence-corrected chi connectivity index (χ1v) is 12.9. The van der Waals surface area contributed by atoms with Crippen molar-refractivity contribution in [2.24, 2.45) is 0 Å². The predicted molar refractivity (Wildman–Crippen MR) is 149 cm³/mol. The first kappa shape index (κ1) is 27.2. The summed E-state index contributed by atoms with van der Waals surface area (Å²) in [6.45, 7) is 0.222. The minimum Gasteiger partial charge on any atom is -0.488 e. The van der Waals surface area contributed by atoms with Gasteiger partial charge in [-0.3, -0.25) is 0 Å². The summed E-state index contributed by atoms with van der Waals surface area (Å²) in [5.74, 6) is -0.0492. The van der Waals surface area contributed by atoms with Crippen LogP contribution in [0.15, 0.2) is 97.2 Å². The van der Waals surface area contributed by atoms with E-state index >= 15 is 0 Å². The number of alkyl halides is 3. The highest BCUT2D eigenvalue weighted by Crippen LogP contribution is 2.35. The lowest BCUT2D eigenvalue weighted by Gasteiger charge is -2.14. The molecule has 0 saturated heterocycles. The van der Waals surface area contributed by atoms with E-state index in [0.717, 1.165) is 14.9 Å². The van der Waals surface area contributed by atoms with Crippen molar-refractivity contribution in [1.29, 1.82) is 0 Å². The number of nitrogens with zero attached hydrogens (tertiary/aromatic N) is 3. The van der Waals surface area contributed by atoms with E-state index in [-0.39, 0.29) is 12.4 Å². The maximum atomic E-state index is 13.7. The van der Waals surface area contributed by atoms with Crippen LogP contribution >= 0.6 is 22.6 Å². The Balaban J connectivity index is 1.36. The summed E-state index contributed by atoms with van der Waals surface area (Å²) in [5.41, 5.74) is -0.627. The standard InChI is InChI=1S/C29H19F3IN3O4/c30-29(31,32)27-23(28(37)38)16-34-36(27)26-7-3-5-24(35-26)22-4-1-2-6-25(22)39-17-18-8-12-20(13-9-18)40-21-14-10-19(33)11-15-21/h1-16H,17H2,(H,37,38). The summed E-state index contributed by atoms with van der Waals surface area (Å²) in [6, 6.07) is 26.6. The largest absolute Gasteiger partial charge is 0.488 e. The zero-order valence-electron chi connectivity index (χ0n) is 20.5. The number of pyridine rings is 1. The van der Waals surface area contributed by atoms with Crippen LogP contribution in [-0.4, -0.2) is 25.8 Å². The van der Waals surface area contributed by atoms with Crippen LogP contribution in [0.25, 0.3) is 17.1 Å². The summed E-state index contributed by atoms with van der Waals surface area (Å²) >= 11 is 2.23. The number of ether oxygens (including phenoxy) is 2. The Kier molecular flexibility index (Phi) is 7.74. The van der Waals surface area contributed by atoms with Crippen LogP contribution in [0.2, 0.25) is 0 Å². The van der Waals surface area contributed by atoms with Gasteiger partial charge in [-0.15, -0.1) is 0 Å². The predicted octanol–water partition coefficient (Wildman–Crippen LogP) is 7.63. The van der Waals surface area contributed by atoms with E-state index in [1.54, 1.807) is 30.3 Å². The fourth-order valence-electron chi connectivity index (χ4n) is 3.90. The third kappa shape index (κ3) is 6.09. The van der Waals surface area contributed by atoms with Gasteiger partial charge in [-0.25, -0.2) is 14.5 Å². The van der Waals surface area contributed by atoms with E-state index < -0.39 is 23.4 Å². The molecule has 11 heteroatoms. The zero-order chi connectivity index (χ0) is 28.3. The maximum Gasteiger partial charge on any atom is 0.434 e. The van der Waals surface area contributed by atoms with E-state index in [0.29, 0.717) is 33.6 Å². The van der Waals surface area contributed by atoms with Crippen molar-refractivity contribution in [2.75, 3.05) is 0 Å². The summed E-state index contributed by atoms with van der Waals surface area (Å²) in [6.07, 6.45) is -4.29. The van der Waals surface area contributed by atoms with Crippen molar-refractivity contribution in [2.45, 2.75) is 12.8 Å². The van der Waals surface area contributed by atoms with Gasteiger partial charge in [-0.05, 0) is 88.8 Å². The molecule has 40 heavy (non-hydrogen) atoms. The molecule has 2 aromatic heterocycles. The molecule has 0 amide bonds. The molecule has 202 valence electrons. The number of aromatic nitrogens is 3. The molecule has 0 unspecified atom stereocenters. The van der Waals surface area contributed by atoms with Crippen LogP contribution in [0.5, 0.6) is 17.2 Å². The second kappa shape index (κ2) is 11.4. The Labute approximate surface area is 240 Å². The lowest BCUT2D eigenvalue weighted by Crippen LogP contribution is -2.18. The Morgan fingerprint density at radius 1 is 0.900 bits per heavy atom. The van der Waals surface area contributed by atoms with Gasteiger partial charge in [0.2, 0.25) is 0 Å². The molecular formula is C29H19F3IN3O4. The number of aromatic carboxylic acids is 1. The Morgan fingerprint density at radius 2 is 1.57 bits per heavy atom. The normalized spacial score (nSPS) is 11.3. The number of carboxylic acid groups (broad SMARTS) is 1. The average molecular weight is 657 g/mol. The molecule has 0 aliphatic heterocycles. The number of rotatable bonds is 8. The van der Waals surface area contributed by atoms with E-state index in [1.807, 2.05) is 48.5 Å². The molecule has 0 aliphatic rings. The topological polar surface area (TPSA) is 86.5 Å². The smallest absolute Gasteiger partial charge is 0.434 e. The second-order valence-corrected chi connectivity index (χ2v) is 9.73. The number of para-hydroxylation sites is 1. The quantitative estimate of drug-likeness (QED) is 0.173. The summed E-state index contributed by atoms with van der Waals surface area (Å²) < 4.78 is 54.6. The van der Waals surface area contributed by atoms with Gasteiger partial charge in [0.1, 0.15) is 29.4 Å². The number of benzene rings is 3. The van der Waals surface area contributed by atoms with Crippen LogP contribution < -0.4 is 9.47 Å². The van der Waals surface area contributed by atoms with Gasteiger partial charge < -0.3 is 14.6 Å². The van der Waals surface area contributed by atoms with Gasteiger partial charge in [0.05, 0.1) is 11.9 Å². The van der Waals surface area contributed by atoms with Crippen LogP contribution in [0.1, 0.15) is 21.6 Å². The van der Waals surface area contributed by atoms with Gasteiger partial charge in [0.25, 0.3) is 0 Å². The Hall–Kier alpha value is -4.39. The third-order valence-corrected chi connectivity index (χ3v) is 6.47. The molecule has 0 atom stereocenters. The summed E-state index contributed by atoms with van der Waals surface area (Å²) in [4.78, 5) is 15.7. The van der Waals surface area contributed by atoms with E-state index in [9.17, 15) is 23.1 Å². The molecule has 3 aromatic carbocycles. The molecule has 7 nitrogen and oxygen atoms in total. The maximum absolute atomic E-state index is 13.7. The highest BCUT2D eigenvalue weighted by molar-refractivity contribution is 14.1. The van der Waals surface area contributed by atoms with Gasteiger partial charge in [-0.2, -0.15) is 18.3 Å². The van der Waals surface area contributed by atoms with Crippen LogP contribution in [-0.2, 0) is 12.8 Å². The van der Waals surface area contributed by atoms with Gasteiger partial charge in [0, 0.05) is 9.13 Å². The van der Waals surface area contributed by atoms with Gasteiger partial charge in [0.15, 0.2) is 11.5 Å². The van der Waals surface area contributed by atoms with Crippen molar-refractivity contribution >= 4 is 28.6 Å². The molecule has 5 rings (SSSR count). The Bertz CT molecular complexity index is 1650. The minimum atomic E-state index is -4.96. The molecule has 0 spiro atoms. The van der Waals surface area contributed by atoms with Crippen molar-refractivity contribution < 1.29 is 32.5 Å².